The first-order chi connectivity index (χ1) is 9.63. The Kier molecular flexibility index (Phi) is 3.23. The summed E-state index contributed by atoms with van der Waals surface area (Å²) >= 11 is 0. The number of non-ortho nitro benzene ring substituents is 1. The van der Waals surface area contributed by atoms with E-state index in [4.69, 9.17) is 0 Å². The molecular formula is C14H15N3O3. The predicted molar refractivity (Wildman–Crippen MR) is 75.6 cm³/mol. The van der Waals surface area contributed by atoms with Crippen LogP contribution in [0, 0.1) is 16.0 Å². The maximum atomic E-state index is 10.7. The fourth-order valence-corrected chi connectivity index (χ4v) is 2.18. The van der Waals surface area contributed by atoms with Crippen LogP contribution in [0.4, 0.5) is 11.5 Å². The average Bonchev–Trinajstić information content (AvgIpc) is 3.28. The molecule has 6 nitrogen and oxygen atoms in total. The minimum absolute atomic E-state index is 0.0594. The number of nitro benzene ring substituents is 1. The molecule has 0 amide bonds. The summed E-state index contributed by atoms with van der Waals surface area (Å²) in [5.41, 5.74) is 0.755. The van der Waals surface area contributed by atoms with Crippen LogP contribution in [0.3, 0.4) is 0 Å². The molecule has 1 heterocycles. The zero-order valence-electron chi connectivity index (χ0n) is 10.8. The largest absolute Gasteiger partial charge is 0.391 e. The quantitative estimate of drug-likeness (QED) is 0.644. The van der Waals surface area contributed by atoms with E-state index in [9.17, 15) is 15.2 Å². The zero-order valence-corrected chi connectivity index (χ0v) is 10.8. The Morgan fingerprint density at radius 1 is 1.40 bits per heavy atom. The van der Waals surface area contributed by atoms with E-state index >= 15 is 0 Å². The summed E-state index contributed by atoms with van der Waals surface area (Å²) in [5.74, 6) is 1.09. The van der Waals surface area contributed by atoms with Gasteiger partial charge >= 0.3 is 0 Å². The van der Waals surface area contributed by atoms with Crippen LogP contribution < -0.4 is 5.32 Å². The molecule has 20 heavy (non-hydrogen) atoms. The first-order valence-corrected chi connectivity index (χ1v) is 6.60. The fourth-order valence-electron chi connectivity index (χ4n) is 2.18. The van der Waals surface area contributed by atoms with E-state index in [-0.39, 0.29) is 11.8 Å². The van der Waals surface area contributed by atoms with Gasteiger partial charge in [0.05, 0.1) is 16.5 Å². The smallest absolute Gasteiger partial charge is 0.270 e. The van der Waals surface area contributed by atoms with Crippen LogP contribution in [-0.2, 0) is 0 Å². The Hall–Kier alpha value is -2.21. The van der Waals surface area contributed by atoms with Crippen LogP contribution in [0.1, 0.15) is 12.8 Å². The van der Waals surface area contributed by atoms with Crippen molar-refractivity contribution in [3.05, 3.63) is 40.4 Å². The Balaban J connectivity index is 1.76. The molecule has 2 aromatic rings. The highest BCUT2D eigenvalue weighted by atomic mass is 16.6. The van der Waals surface area contributed by atoms with Gasteiger partial charge in [-0.1, -0.05) is 0 Å². The maximum Gasteiger partial charge on any atom is 0.270 e. The molecule has 1 aliphatic rings. The lowest BCUT2D eigenvalue weighted by atomic mass is 10.2. The second-order valence-corrected chi connectivity index (χ2v) is 5.12. The van der Waals surface area contributed by atoms with Crippen LogP contribution in [0.25, 0.3) is 10.9 Å². The number of benzene rings is 1. The van der Waals surface area contributed by atoms with Gasteiger partial charge in [-0.2, -0.15) is 0 Å². The Bertz CT molecular complexity index is 655. The van der Waals surface area contributed by atoms with E-state index < -0.39 is 4.92 Å². The van der Waals surface area contributed by atoms with Crippen molar-refractivity contribution in [2.75, 3.05) is 11.9 Å². The summed E-state index contributed by atoms with van der Waals surface area (Å²) in [6.07, 6.45) is 1.86. The van der Waals surface area contributed by atoms with Gasteiger partial charge < -0.3 is 10.4 Å². The molecule has 104 valence electrons. The Morgan fingerprint density at radius 3 is 2.90 bits per heavy atom. The number of aromatic nitrogens is 1. The maximum absolute atomic E-state index is 10.7. The lowest BCUT2D eigenvalue weighted by Crippen LogP contribution is -2.21. The molecule has 1 saturated carbocycles. The third-order valence-electron chi connectivity index (χ3n) is 3.54. The second kappa shape index (κ2) is 5.05. The minimum Gasteiger partial charge on any atom is -0.391 e. The molecule has 3 rings (SSSR count). The number of rotatable bonds is 5. The van der Waals surface area contributed by atoms with Gasteiger partial charge in [0.15, 0.2) is 0 Å². The van der Waals surface area contributed by atoms with E-state index in [2.05, 4.69) is 10.3 Å². The van der Waals surface area contributed by atoms with Gasteiger partial charge in [-0.05, 0) is 37.0 Å². The molecule has 0 radical (unpaired) electrons. The monoisotopic (exact) mass is 273 g/mol. The summed E-state index contributed by atoms with van der Waals surface area (Å²) in [7, 11) is 0. The lowest BCUT2D eigenvalue weighted by molar-refractivity contribution is -0.384. The van der Waals surface area contributed by atoms with E-state index in [0.29, 0.717) is 23.8 Å². The van der Waals surface area contributed by atoms with Gasteiger partial charge in [-0.25, -0.2) is 4.98 Å². The van der Waals surface area contributed by atoms with Crippen LogP contribution in [0.5, 0.6) is 0 Å². The summed E-state index contributed by atoms with van der Waals surface area (Å²) in [6.45, 7) is 0.482. The van der Waals surface area contributed by atoms with Crippen molar-refractivity contribution in [1.82, 2.24) is 4.98 Å². The van der Waals surface area contributed by atoms with Crippen molar-refractivity contribution in [2.45, 2.75) is 18.9 Å². The molecule has 0 bridgehead atoms. The van der Waals surface area contributed by atoms with Crippen molar-refractivity contribution in [3.63, 3.8) is 0 Å². The highest BCUT2D eigenvalue weighted by Crippen LogP contribution is 2.32. The first-order valence-electron chi connectivity index (χ1n) is 6.60. The van der Waals surface area contributed by atoms with Crippen molar-refractivity contribution in [1.29, 1.82) is 0 Å². The molecule has 1 unspecified atom stereocenters. The van der Waals surface area contributed by atoms with E-state index in [1.807, 2.05) is 0 Å². The van der Waals surface area contributed by atoms with Gasteiger partial charge in [0.2, 0.25) is 0 Å². The summed E-state index contributed by atoms with van der Waals surface area (Å²) in [5, 5.41) is 24.3. The van der Waals surface area contributed by atoms with Gasteiger partial charge in [0.25, 0.3) is 5.69 Å². The number of nitro groups is 1. The third-order valence-corrected chi connectivity index (χ3v) is 3.54. The van der Waals surface area contributed by atoms with E-state index in [1.54, 1.807) is 18.2 Å². The zero-order chi connectivity index (χ0) is 14.1. The van der Waals surface area contributed by atoms with Crippen LogP contribution in [-0.4, -0.2) is 27.7 Å². The van der Waals surface area contributed by atoms with Crippen LogP contribution in [0.2, 0.25) is 0 Å². The lowest BCUT2D eigenvalue weighted by Gasteiger charge is -2.11. The standard InChI is InChI=1S/C14H15N3O3/c18-13(9-1-2-9)8-15-14-6-3-10-7-11(17(19)20)4-5-12(10)16-14/h3-7,9,13,18H,1-2,8H2,(H,15,16). The Morgan fingerprint density at radius 2 is 2.20 bits per heavy atom. The molecule has 1 aromatic carbocycles. The van der Waals surface area contributed by atoms with Gasteiger partial charge in [0.1, 0.15) is 5.82 Å². The molecule has 0 saturated heterocycles. The number of hydrogen-bond donors (Lipinski definition) is 2. The predicted octanol–water partition coefficient (Wildman–Crippen LogP) is 2.33. The third kappa shape index (κ3) is 2.70. The molecule has 2 N–H and O–H groups in total. The van der Waals surface area contributed by atoms with Gasteiger partial charge in [-0.3, -0.25) is 10.1 Å². The van der Waals surface area contributed by atoms with Crippen molar-refractivity contribution in [2.24, 2.45) is 5.92 Å². The van der Waals surface area contributed by atoms with Gasteiger partial charge in [0, 0.05) is 24.1 Å². The SMILES string of the molecule is O=[N+]([O-])c1ccc2nc(NCC(O)C3CC3)ccc2c1. The van der Waals surface area contributed by atoms with Crippen molar-refractivity contribution in [3.8, 4) is 0 Å². The number of nitrogens with zero attached hydrogens (tertiary/aromatic N) is 2. The summed E-state index contributed by atoms with van der Waals surface area (Å²) in [4.78, 5) is 14.7. The first kappa shape index (κ1) is 12.8. The fraction of sp³-hybridized carbons (Fsp3) is 0.357. The number of hydrogen-bond acceptors (Lipinski definition) is 5. The molecule has 0 spiro atoms. The van der Waals surface area contributed by atoms with E-state index in [0.717, 1.165) is 18.2 Å². The minimum atomic E-state index is -0.419. The van der Waals surface area contributed by atoms with Crippen molar-refractivity contribution < 1.29 is 10.0 Å². The highest BCUT2D eigenvalue weighted by Gasteiger charge is 2.29. The molecule has 6 heteroatoms. The second-order valence-electron chi connectivity index (χ2n) is 5.12. The molecular weight excluding hydrogens is 258 g/mol. The molecule has 1 fully saturated rings. The number of nitrogens with one attached hydrogen (secondary N) is 1. The number of pyridine rings is 1. The highest BCUT2D eigenvalue weighted by molar-refractivity contribution is 5.82. The molecule has 0 aliphatic heterocycles. The summed E-state index contributed by atoms with van der Waals surface area (Å²) in [6, 6.07) is 8.14. The average molecular weight is 273 g/mol. The normalized spacial score (nSPS) is 16.1. The molecule has 1 atom stereocenters. The number of fused-ring (bicyclic) bond motifs is 1. The number of aliphatic hydroxyl groups is 1. The summed E-state index contributed by atoms with van der Waals surface area (Å²) < 4.78 is 0. The van der Waals surface area contributed by atoms with Crippen molar-refractivity contribution >= 4 is 22.4 Å². The number of aliphatic hydroxyl groups excluding tert-OH is 1. The topological polar surface area (TPSA) is 88.3 Å². The van der Waals surface area contributed by atoms with Crippen LogP contribution >= 0.6 is 0 Å². The molecule has 1 aliphatic carbocycles. The Labute approximate surface area is 115 Å². The van der Waals surface area contributed by atoms with Gasteiger partial charge in [-0.15, -0.1) is 0 Å². The van der Waals surface area contributed by atoms with Crippen LogP contribution in [0.15, 0.2) is 30.3 Å². The van der Waals surface area contributed by atoms with E-state index in [1.165, 1.54) is 12.1 Å². The number of anilines is 1. The molecule has 1 aromatic heterocycles.